The number of aliphatic carboxylic acids is 2. The predicted octanol–water partition coefficient (Wildman–Crippen LogP) is 1.93. The molecule has 1 radical (unpaired) electrons. The molecular weight excluding hydrogens is 448 g/mol. The van der Waals surface area contributed by atoms with Crippen LogP contribution < -0.4 is 19.7 Å². The largest absolute Gasteiger partial charge is 2.00 e. The second-order valence-corrected chi connectivity index (χ2v) is 6.34. The van der Waals surface area contributed by atoms with E-state index in [0.29, 0.717) is 11.5 Å². The molecular formula is C24H18CuO6. The molecule has 4 aromatic rings. The smallest absolute Gasteiger partial charge is 0.546 e. The minimum Gasteiger partial charge on any atom is -0.546 e. The van der Waals surface area contributed by atoms with E-state index in [4.69, 9.17) is 9.47 Å². The van der Waals surface area contributed by atoms with E-state index in [1.54, 1.807) is 24.3 Å². The molecule has 0 heterocycles. The van der Waals surface area contributed by atoms with Crippen LogP contribution in [0.4, 0.5) is 0 Å². The fraction of sp³-hybridized carbons (Fsp3) is 0.0833. The molecule has 4 rings (SSSR count). The van der Waals surface area contributed by atoms with E-state index in [1.807, 2.05) is 60.7 Å². The Labute approximate surface area is 189 Å². The molecule has 0 atom stereocenters. The van der Waals surface area contributed by atoms with Gasteiger partial charge in [-0.3, -0.25) is 0 Å². The van der Waals surface area contributed by atoms with Gasteiger partial charge >= 0.3 is 17.1 Å². The second kappa shape index (κ2) is 11.6. The number of ether oxygens (including phenoxy) is 2. The van der Waals surface area contributed by atoms with Crippen LogP contribution in [0.5, 0.6) is 11.5 Å². The van der Waals surface area contributed by atoms with Crippen molar-refractivity contribution in [3.8, 4) is 11.5 Å². The summed E-state index contributed by atoms with van der Waals surface area (Å²) >= 11 is 0. The van der Waals surface area contributed by atoms with Gasteiger partial charge in [0.2, 0.25) is 0 Å². The third-order valence-corrected chi connectivity index (χ3v) is 4.16. The molecule has 6 nitrogen and oxygen atoms in total. The van der Waals surface area contributed by atoms with Gasteiger partial charge in [-0.15, -0.1) is 0 Å². The van der Waals surface area contributed by atoms with Crippen LogP contribution in [0.3, 0.4) is 0 Å². The summed E-state index contributed by atoms with van der Waals surface area (Å²) in [5.41, 5.74) is 0. The van der Waals surface area contributed by atoms with Gasteiger partial charge in [0.05, 0.1) is 11.9 Å². The number of carbonyl (C=O) groups is 2. The topological polar surface area (TPSA) is 98.7 Å². The molecule has 31 heavy (non-hydrogen) atoms. The maximum absolute atomic E-state index is 10.2. The number of benzene rings is 4. The van der Waals surface area contributed by atoms with E-state index >= 15 is 0 Å². The third-order valence-electron chi connectivity index (χ3n) is 4.16. The molecule has 4 aromatic carbocycles. The Morgan fingerprint density at radius 2 is 0.935 bits per heavy atom. The summed E-state index contributed by atoms with van der Waals surface area (Å²) in [5.74, 6) is -1.36. The quantitative estimate of drug-likeness (QED) is 0.403. The second-order valence-electron chi connectivity index (χ2n) is 6.34. The van der Waals surface area contributed by atoms with Gasteiger partial charge in [-0.2, -0.15) is 0 Å². The van der Waals surface area contributed by atoms with Crippen LogP contribution in [0.15, 0.2) is 84.9 Å². The first kappa shape index (κ1) is 23.7. The van der Waals surface area contributed by atoms with Crippen LogP contribution in [-0.4, -0.2) is 25.2 Å². The normalized spacial score (nSPS) is 9.81. The van der Waals surface area contributed by atoms with Crippen molar-refractivity contribution in [3.63, 3.8) is 0 Å². The Balaban J connectivity index is 0.000000213. The number of hydrogen-bond acceptors (Lipinski definition) is 6. The first-order valence-electron chi connectivity index (χ1n) is 9.14. The summed E-state index contributed by atoms with van der Waals surface area (Å²) in [6.07, 6.45) is 0. The number of carboxylic acids is 2. The van der Waals surface area contributed by atoms with Crippen molar-refractivity contribution in [2.45, 2.75) is 0 Å². The average molecular weight is 466 g/mol. The molecule has 0 aromatic heterocycles. The summed E-state index contributed by atoms with van der Waals surface area (Å²) in [4.78, 5) is 20.4. The Morgan fingerprint density at radius 3 is 1.29 bits per heavy atom. The van der Waals surface area contributed by atoms with E-state index in [-0.39, 0.29) is 17.1 Å². The van der Waals surface area contributed by atoms with Crippen LogP contribution in [0.25, 0.3) is 21.5 Å². The molecule has 7 heteroatoms. The molecule has 0 unspecified atom stereocenters. The van der Waals surface area contributed by atoms with Gasteiger partial charge in [0.1, 0.15) is 24.7 Å². The minimum absolute atomic E-state index is 0. The molecule has 0 amide bonds. The molecule has 0 saturated carbocycles. The van der Waals surface area contributed by atoms with Gasteiger partial charge in [-0.25, -0.2) is 0 Å². The first-order chi connectivity index (χ1) is 14.5. The van der Waals surface area contributed by atoms with Crippen molar-refractivity contribution in [2.24, 2.45) is 0 Å². The fourth-order valence-electron chi connectivity index (χ4n) is 2.80. The minimum atomic E-state index is -1.22. The van der Waals surface area contributed by atoms with Gasteiger partial charge in [0.15, 0.2) is 0 Å². The molecule has 0 spiro atoms. The molecule has 0 bridgehead atoms. The van der Waals surface area contributed by atoms with Crippen molar-refractivity contribution < 1.29 is 46.3 Å². The van der Waals surface area contributed by atoms with Gasteiger partial charge in [0.25, 0.3) is 0 Å². The van der Waals surface area contributed by atoms with Gasteiger partial charge in [0, 0.05) is 0 Å². The van der Waals surface area contributed by atoms with E-state index in [9.17, 15) is 19.8 Å². The number of carbonyl (C=O) groups excluding carboxylic acids is 2. The van der Waals surface area contributed by atoms with Crippen molar-refractivity contribution >= 4 is 33.5 Å². The fourth-order valence-corrected chi connectivity index (χ4v) is 2.80. The third kappa shape index (κ3) is 7.33. The SMILES string of the molecule is O=C([O-])COc1ccc2ccccc2c1.O=C([O-])COc1ccc2ccccc2c1.[Cu+2]. The Morgan fingerprint density at radius 1 is 0.581 bits per heavy atom. The van der Waals surface area contributed by atoms with E-state index in [1.165, 1.54) is 0 Å². The maximum Gasteiger partial charge on any atom is 2.00 e. The van der Waals surface area contributed by atoms with Crippen LogP contribution in [-0.2, 0) is 26.7 Å². The Hall–Kier alpha value is -3.54. The summed E-state index contributed by atoms with van der Waals surface area (Å²) in [5, 5.41) is 24.6. The molecule has 0 N–H and O–H groups in total. The van der Waals surface area contributed by atoms with Crippen LogP contribution in [0.2, 0.25) is 0 Å². The van der Waals surface area contributed by atoms with Crippen LogP contribution >= 0.6 is 0 Å². The summed E-state index contributed by atoms with van der Waals surface area (Å²) in [6, 6.07) is 26.5. The van der Waals surface area contributed by atoms with Crippen molar-refractivity contribution in [1.29, 1.82) is 0 Å². The summed E-state index contributed by atoms with van der Waals surface area (Å²) in [6.45, 7) is -0.837. The number of carboxylic acid groups (broad SMARTS) is 2. The Kier molecular flexibility index (Phi) is 8.88. The molecule has 0 aliphatic rings. The van der Waals surface area contributed by atoms with Gasteiger partial charge in [-0.05, 0) is 45.8 Å². The zero-order chi connectivity index (χ0) is 21.3. The summed E-state index contributed by atoms with van der Waals surface area (Å²) < 4.78 is 10.0. The van der Waals surface area contributed by atoms with E-state index < -0.39 is 25.2 Å². The van der Waals surface area contributed by atoms with E-state index in [0.717, 1.165) is 21.5 Å². The number of fused-ring (bicyclic) bond motifs is 2. The maximum atomic E-state index is 10.2. The van der Waals surface area contributed by atoms with E-state index in [2.05, 4.69) is 0 Å². The average Bonchev–Trinajstić information content (AvgIpc) is 2.76. The van der Waals surface area contributed by atoms with Crippen molar-refractivity contribution in [3.05, 3.63) is 84.9 Å². The van der Waals surface area contributed by atoms with Crippen LogP contribution in [0.1, 0.15) is 0 Å². The molecule has 0 aliphatic heterocycles. The van der Waals surface area contributed by atoms with Crippen molar-refractivity contribution in [2.75, 3.05) is 13.2 Å². The molecule has 161 valence electrons. The monoisotopic (exact) mass is 465 g/mol. The van der Waals surface area contributed by atoms with Crippen molar-refractivity contribution in [1.82, 2.24) is 0 Å². The standard InChI is InChI=1S/2C12H10O3.Cu/c2*13-12(14)8-15-11-6-5-9-3-1-2-4-10(9)7-11;/h2*1-7H,8H2,(H,13,14);/q;;+2/p-2. The zero-order valence-corrected chi connectivity index (χ0v) is 17.2. The molecule has 0 saturated heterocycles. The van der Waals surface area contributed by atoms with Gasteiger partial charge in [-0.1, -0.05) is 60.7 Å². The number of rotatable bonds is 6. The zero-order valence-electron chi connectivity index (χ0n) is 16.2. The predicted molar refractivity (Wildman–Crippen MR) is 109 cm³/mol. The molecule has 0 fully saturated rings. The molecule has 0 aliphatic carbocycles. The Bertz CT molecular complexity index is 1080. The van der Waals surface area contributed by atoms with Gasteiger partial charge < -0.3 is 29.3 Å². The van der Waals surface area contributed by atoms with Crippen LogP contribution in [0, 0.1) is 0 Å². The number of hydrogen-bond donors (Lipinski definition) is 0. The summed E-state index contributed by atoms with van der Waals surface area (Å²) in [7, 11) is 0. The first-order valence-corrected chi connectivity index (χ1v) is 9.14.